The van der Waals surface area contributed by atoms with Crippen LogP contribution in [0.15, 0.2) is 47.8 Å². The normalized spacial score (nSPS) is 13.9. The number of nitrogens with zero attached hydrogens (tertiary/aromatic N) is 1. The number of thiazole rings is 1. The molecule has 0 saturated carbocycles. The van der Waals surface area contributed by atoms with Gasteiger partial charge in [-0.2, -0.15) is 0 Å². The van der Waals surface area contributed by atoms with Crippen LogP contribution in [0.2, 0.25) is 0 Å². The van der Waals surface area contributed by atoms with Gasteiger partial charge in [-0.15, -0.1) is 11.3 Å². The summed E-state index contributed by atoms with van der Waals surface area (Å²) in [5, 5.41) is 13.1. The molecule has 130 valence electrons. The van der Waals surface area contributed by atoms with Crippen molar-refractivity contribution < 1.29 is 13.9 Å². The summed E-state index contributed by atoms with van der Waals surface area (Å²) in [6.45, 7) is 5.78. The van der Waals surface area contributed by atoms with Gasteiger partial charge in [-0.1, -0.05) is 38.1 Å². The Labute approximate surface area is 149 Å². The summed E-state index contributed by atoms with van der Waals surface area (Å²) in [5.74, 6) is -1.52. The Morgan fingerprint density at radius 1 is 1.08 bits per heavy atom. The summed E-state index contributed by atoms with van der Waals surface area (Å²) >= 11 is 1.29. The van der Waals surface area contributed by atoms with Crippen molar-refractivity contribution in [3.8, 4) is 11.3 Å². The lowest BCUT2D eigenvalue weighted by molar-refractivity contribution is 0.101. The van der Waals surface area contributed by atoms with Crippen molar-refractivity contribution in [3.63, 3.8) is 0 Å². The van der Waals surface area contributed by atoms with Gasteiger partial charge in [0.25, 0.3) is 0 Å². The molecule has 3 rings (SSSR count). The molecule has 0 fully saturated rings. The molecule has 1 unspecified atom stereocenters. The number of benzene rings is 2. The molecule has 1 N–H and O–H groups in total. The quantitative estimate of drug-likeness (QED) is 0.670. The van der Waals surface area contributed by atoms with Crippen LogP contribution in [0.5, 0.6) is 0 Å². The van der Waals surface area contributed by atoms with Crippen LogP contribution in [0, 0.1) is 11.6 Å². The number of rotatable bonds is 4. The van der Waals surface area contributed by atoms with Gasteiger partial charge in [-0.25, -0.2) is 13.8 Å². The van der Waals surface area contributed by atoms with Crippen LogP contribution in [0.25, 0.3) is 11.3 Å². The Balaban J connectivity index is 1.97. The second-order valence-electron chi connectivity index (χ2n) is 6.52. The summed E-state index contributed by atoms with van der Waals surface area (Å²) in [7, 11) is 0. The van der Waals surface area contributed by atoms with Gasteiger partial charge in [0, 0.05) is 10.9 Å². The third-order valence-corrected chi connectivity index (χ3v) is 5.30. The molecule has 2 aromatic carbocycles. The molecule has 1 heterocycles. The van der Waals surface area contributed by atoms with E-state index < -0.39 is 17.2 Å². The monoisotopic (exact) mass is 359 g/mol. The summed E-state index contributed by atoms with van der Waals surface area (Å²) in [6.07, 6.45) is 0. The predicted octanol–water partition coefficient (Wildman–Crippen LogP) is 5.47. The number of hydrogen-bond acceptors (Lipinski definition) is 3. The minimum atomic E-state index is -1.49. The highest BCUT2D eigenvalue weighted by Crippen LogP contribution is 2.34. The zero-order valence-corrected chi connectivity index (χ0v) is 15.1. The van der Waals surface area contributed by atoms with Gasteiger partial charge >= 0.3 is 0 Å². The highest BCUT2D eigenvalue weighted by Gasteiger charge is 2.30. The van der Waals surface area contributed by atoms with Crippen molar-refractivity contribution in [1.82, 2.24) is 4.98 Å². The van der Waals surface area contributed by atoms with Gasteiger partial charge in [0.2, 0.25) is 0 Å². The van der Waals surface area contributed by atoms with E-state index in [4.69, 9.17) is 0 Å². The van der Waals surface area contributed by atoms with Crippen molar-refractivity contribution in [2.24, 2.45) is 0 Å². The molecule has 0 spiro atoms. The molecule has 0 aliphatic carbocycles. The molecule has 5 heteroatoms. The first-order valence-electron chi connectivity index (χ1n) is 8.03. The molecule has 3 aromatic rings. The number of aliphatic hydroxyl groups is 1. The third-order valence-electron chi connectivity index (χ3n) is 4.25. The van der Waals surface area contributed by atoms with E-state index in [1.165, 1.54) is 29.9 Å². The first kappa shape index (κ1) is 17.7. The number of aromatic nitrogens is 1. The second kappa shape index (κ2) is 6.65. The van der Waals surface area contributed by atoms with Crippen molar-refractivity contribution in [2.45, 2.75) is 32.3 Å². The molecule has 1 aromatic heterocycles. The van der Waals surface area contributed by atoms with Gasteiger partial charge in [-0.3, -0.25) is 0 Å². The van der Waals surface area contributed by atoms with Crippen LogP contribution >= 0.6 is 11.3 Å². The van der Waals surface area contributed by atoms with E-state index >= 15 is 0 Å². The Bertz CT molecular complexity index is 902. The fourth-order valence-electron chi connectivity index (χ4n) is 2.61. The summed E-state index contributed by atoms with van der Waals surface area (Å²) in [4.78, 5) is 4.53. The largest absolute Gasteiger partial charge is 0.378 e. The summed E-state index contributed by atoms with van der Waals surface area (Å²) < 4.78 is 26.7. The third kappa shape index (κ3) is 3.48. The highest BCUT2D eigenvalue weighted by atomic mass is 32.1. The van der Waals surface area contributed by atoms with Crippen LogP contribution < -0.4 is 0 Å². The van der Waals surface area contributed by atoms with E-state index in [0.717, 1.165) is 23.4 Å². The Hall–Kier alpha value is -2.11. The maximum absolute atomic E-state index is 13.5. The molecule has 0 aliphatic rings. The van der Waals surface area contributed by atoms with Gasteiger partial charge in [-0.05, 0) is 42.2 Å². The first-order valence-corrected chi connectivity index (χ1v) is 8.91. The molecule has 2 nitrogen and oxygen atoms in total. The van der Waals surface area contributed by atoms with E-state index in [0.29, 0.717) is 10.9 Å². The molecule has 1 atom stereocenters. The van der Waals surface area contributed by atoms with Gasteiger partial charge in [0.05, 0.1) is 5.69 Å². The molecule has 0 radical (unpaired) electrons. The number of hydrogen-bond donors (Lipinski definition) is 1. The second-order valence-corrected chi connectivity index (χ2v) is 7.38. The lowest BCUT2D eigenvalue weighted by Crippen LogP contribution is -2.23. The van der Waals surface area contributed by atoms with Crippen LogP contribution in [-0.4, -0.2) is 10.1 Å². The Morgan fingerprint density at radius 2 is 1.84 bits per heavy atom. The molecule has 0 bridgehead atoms. The van der Waals surface area contributed by atoms with Crippen LogP contribution in [0.3, 0.4) is 0 Å². The Morgan fingerprint density at radius 3 is 2.52 bits per heavy atom. The smallest absolute Gasteiger partial charge is 0.159 e. The van der Waals surface area contributed by atoms with E-state index in [-0.39, 0.29) is 5.56 Å². The zero-order valence-electron chi connectivity index (χ0n) is 14.3. The van der Waals surface area contributed by atoms with Crippen molar-refractivity contribution in [1.29, 1.82) is 0 Å². The maximum Gasteiger partial charge on any atom is 0.159 e. The van der Waals surface area contributed by atoms with Crippen molar-refractivity contribution in [2.75, 3.05) is 0 Å². The number of halogens is 2. The van der Waals surface area contributed by atoms with E-state index in [2.05, 4.69) is 31.0 Å². The van der Waals surface area contributed by atoms with E-state index in [1.54, 1.807) is 0 Å². The molecular weight excluding hydrogens is 340 g/mol. The average molecular weight is 359 g/mol. The van der Waals surface area contributed by atoms with Gasteiger partial charge in [0.15, 0.2) is 11.6 Å². The van der Waals surface area contributed by atoms with Crippen LogP contribution in [-0.2, 0) is 5.60 Å². The van der Waals surface area contributed by atoms with Gasteiger partial charge in [0.1, 0.15) is 10.6 Å². The first-order chi connectivity index (χ1) is 11.8. The van der Waals surface area contributed by atoms with Crippen molar-refractivity contribution >= 4 is 11.3 Å². The molecule has 0 saturated heterocycles. The topological polar surface area (TPSA) is 33.1 Å². The average Bonchev–Trinajstić information content (AvgIpc) is 3.08. The Kier molecular flexibility index (Phi) is 4.71. The van der Waals surface area contributed by atoms with E-state index in [9.17, 15) is 13.9 Å². The molecule has 25 heavy (non-hydrogen) atoms. The minimum Gasteiger partial charge on any atom is -0.378 e. The fourth-order valence-corrected chi connectivity index (χ4v) is 3.52. The minimum absolute atomic E-state index is 0.267. The SMILES string of the molecule is CC(C)c1cccc(-c2csc(C(C)(O)c3ccc(F)c(F)c3)n2)c1. The lowest BCUT2D eigenvalue weighted by atomic mass is 9.96. The molecular formula is C20H19F2NOS. The zero-order chi connectivity index (χ0) is 18.2. The van der Waals surface area contributed by atoms with Crippen LogP contribution in [0.1, 0.15) is 42.8 Å². The lowest BCUT2D eigenvalue weighted by Gasteiger charge is -2.21. The van der Waals surface area contributed by atoms with Crippen LogP contribution in [0.4, 0.5) is 8.78 Å². The predicted molar refractivity (Wildman–Crippen MR) is 96.7 cm³/mol. The van der Waals surface area contributed by atoms with Crippen molar-refractivity contribution in [3.05, 3.63) is 75.6 Å². The van der Waals surface area contributed by atoms with E-state index in [1.807, 2.05) is 17.5 Å². The highest BCUT2D eigenvalue weighted by molar-refractivity contribution is 7.10. The standard InChI is InChI=1S/C20H19F2NOS/c1-12(2)13-5-4-6-14(9-13)18-11-25-19(23-18)20(3,24)15-7-8-16(21)17(22)10-15/h4-12,24H,1-3H3. The summed E-state index contributed by atoms with van der Waals surface area (Å²) in [6, 6.07) is 11.5. The molecule has 0 aliphatic heterocycles. The van der Waals surface area contributed by atoms with Gasteiger partial charge < -0.3 is 5.11 Å². The maximum atomic E-state index is 13.5. The summed E-state index contributed by atoms with van der Waals surface area (Å²) in [5.41, 5.74) is 1.70. The fraction of sp³-hybridized carbons (Fsp3) is 0.250. The molecule has 0 amide bonds.